The summed E-state index contributed by atoms with van der Waals surface area (Å²) in [5, 5.41) is 0. The van der Waals surface area contributed by atoms with Crippen LogP contribution in [0.4, 0.5) is 0 Å². The van der Waals surface area contributed by atoms with Crippen LogP contribution in [0.5, 0.6) is 0 Å². The highest BCUT2D eigenvalue weighted by Gasteiger charge is 2.56. The Morgan fingerprint density at radius 2 is 1.64 bits per heavy atom. The van der Waals surface area contributed by atoms with Crippen LogP contribution in [0.25, 0.3) is 0 Å². The summed E-state index contributed by atoms with van der Waals surface area (Å²) in [6.07, 6.45) is 16.9. The predicted octanol–water partition coefficient (Wildman–Crippen LogP) is 8.97. The summed E-state index contributed by atoms with van der Waals surface area (Å²) in [6, 6.07) is 0. The predicted molar refractivity (Wildman–Crippen MR) is 124 cm³/mol. The zero-order valence-corrected chi connectivity index (χ0v) is 20.2. The van der Waals surface area contributed by atoms with Crippen LogP contribution < -0.4 is 0 Å². The Balaban J connectivity index is 0.00000109. The zero-order valence-electron chi connectivity index (χ0n) is 20.2. The Bertz CT molecular complexity index is 608. The van der Waals surface area contributed by atoms with Gasteiger partial charge in [-0.15, -0.1) is 0 Å². The van der Waals surface area contributed by atoms with Crippen molar-refractivity contribution in [1.29, 1.82) is 0 Å². The molecule has 0 heteroatoms. The van der Waals surface area contributed by atoms with Gasteiger partial charge < -0.3 is 0 Å². The van der Waals surface area contributed by atoms with E-state index >= 15 is 0 Å². The second kappa shape index (κ2) is 7.96. The van der Waals surface area contributed by atoms with Crippen molar-refractivity contribution in [1.82, 2.24) is 0 Å². The van der Waals surface area contributed by atoms with Crippen molar-refractivity contribution in [3.05, 3.63) is 23.8 Å². The molecule has 28 heavy (non-hydrogen) atoms. The van der Waals surface area contributed by atoms with Crippen LogP contribution in [0.1, 0.15) is 113 Å². The molecular formula is C28H48. The molecule has 6 unspecified atom stereocenters. The van der Waals surface area contributed by atoms with Gasteiger partial charge in [0, 0.05) is 0 Å². The molecule has 0 bridgehead atoms. The summed E-state index contributed by atoms with van der Waals surface area (Å²) in [5.74, 6) is 3.58. The van der Waals surface area contributed by atoms with Gasteiger partial charge in [-0.2, -0.15) is 0 Å². The topological polar surface area (TPSA) is 0 Å². The molecule has 4 rings (SSSR count). The van der Waals surface area contributed by atoms with E-state index < -0.39 is 0 Å². The number of allylic oxidation sites excluding steroid dienone is 3. The van der Waals surface area contributed by atoms with E-state index in [1.54, 1.807) is 0 Å². The molecule has 0 radical (unpaired) electrons. The van der Waals surface area contributed by atoms with Crippen LogP contribution in [0.2, 0.25) is 0 Å². The first-order valence-electron chi connectivity index (χ1n) is 12.5. The maximum Gasteiger partial charge on any atom is -0.00851 e. The Morgan fingerprint density at radius 3 is 2.32 bits per heavy atom. The normalized spacial score (nSPS) is 44.5. The Hall–Kier alpha value is -0.520. The van der Waals surface area contributed by atoms with Crippen LogP contribution in [-0.4, -0.2) is 0 Å². The summed E-state index contributed by atoms with van der Waals surface area (Å²) in [6.45, 7) is 21.0. The lowest BCUT2D eigenvalue weighted by Crippen LogP contribution is -2.53. The molecule has 0 saturated heterocycles. The monoisotopic (exact) mass is 384 g/mol. The molecule has 3 fully saturated rings. The lowest BCUT2D eigenvalue weighted by Gasteiger charge is -2.61. The Morgan fingerprint density at radius 1 is 0.929 bits per heavy atom. The number of hydrogen-bond acceptors (Lipinski definition) is 0. The minimum Gasteiger partial charge on any atom is -0.0998 e. The summed E-state index contributed by atoms with van der Waals surface area (Å²) in [5.41, 5.74) is 4.87. The Kier molecular flexibility index (Phi) is 6.30. The fourth-order valence-electron chi connectivity index (χ4n) is 8.09. The van der Waals surface area contributed by atoms with Crippen molar-refractivity contribution in [3.8, 4) is 0 Å². The van der Waals surface area contributed by atoms with Gasteiger partial charge in [0.1, 0.15) is 0 Å². The molecule has 0 aliphatic heterocycles. The van der Waals surface area contributed by atoms with Crippen LogP contribution in [0, 0.1) is 39.9 Å². The van der Waals surface area contributed by atoms with Crippen molar-refractivity contribution in [2.75, 3.05) is 0 Å². The smallest absolute Gasteiger partial charge is 0.00851 e. The van der Waals surface area contributed by atoms with Gasteiger partial charge >= 0.3 is 0 Å². The van der Waals surface area contributed by atoms with E-state index in [9.17, 15) is 0 Å². The lowest BCUT2D eigenvalue weighted by atomic mass is 9.44. The van der Waals surface area contributed by atoms with Crippen molar-refractivity contribution in [2.45, 2.75) is 113 Å². The highest BCUT2D eigenvalue weighted by molar-refractivity contribution is 5.24. The van der Waals surface area contributed by atoms with Gasteiger partial charge in [-0.1, -0.05) is 71.8 Å². The van der Waals surface area contributed by atoms with Crippen molar-refractivity contribution in [2.24, 2.45) is 39.9 Å². The van der Waals surface area contributed by atoms with Gasteiger partial charge in [0.25, 0.3) is 0 Å². The molecule has 6 atom stereocenters. The first-order chi connectivity index (χ1) is 13.2. The van der Waals surface area contributed by atoms with Gasteiger partial charge in [0.2, 0.25) is 0 Å². The molecule has 0 amide bonds. The largest absolute Gasteiger partial charge is 0.0998 e. The van der Waals surface area contributed by atoms with Gasteiger partial charge in [-0.05, 0) is 105 Å². The van der Waals surface area contributed by atoms with Gasteiger partial charge in [-0.25, -0.2) is 0 Å². The zero-order chi connectivity index (χ0) is 20.7. The molecule has 0 N–H and O–H groups in total. The molecule has 3 saturated carbocycles. The highest BCUT2D eigenvalue weighted by atomic mass is 14.6. The summed E-state index contributed by atoms with van der Waals surface area (Å²) in [4.78, 5) is 0. The average molecular weight is 385 g/mol. The molecule has 0 aromatic rings. The third-order valence-corrected chi connectivity index (χ3v) is 9.85. The fourth-order valence-corrected chi connectivity index (χ4v) is 8.09. The van der Waals surface area contributed by atoms with Gasteiger partial charge in [0.05, 0.1) is 0 Å². The van der Waals surface area contributed by atoms with E-state index in [1.165, 1.54) is 69.8 Å². The summed E-state index contributed by atoms with van der Waals surface area (Å²) in [7, 11) is 0. The maximum absolute atomic E-state index is 4.41. The molecule has 4 aliphatic rings. The first-order valence-corrected chi connectivity index (χ1v) is 12.5. The minimum atomic E-state index is 0.494. The fraction of sp³-hybridized carbons (Fsp3) is 0.857. The van der Waals surface area contributed by atoms with Gasteiger partial charge in [0.15, 0.2) is 0 Å². The highest BCUT2D eigenvalue weighted by Crippen LogP contribution is 2.66. The molecule has 0 spiro atoms. The van der Waals surface area contributed by atoms with E-state index in [-0.39, 0.29) is 0 Å². The Labute approximate surface area is 176 Å². The lowest BCUT2D eigenvalue weighted by molar-refractivity contribution is -0.0818. The quantitative estimate of drug-likeness (QED) is 0.396. The molecule has 0 aromatic carbocycles. The minimum absolute atomic E-state index is 0.494. The average Bonchev–Trinajstić information content (AvgIpc) is 2.78. The second-order valence-electron chi connectivity index (χ2n) is 11.8. The number of fused-ring (bicyclic) bond motifs is 5. The SMILES string of the molecule is C=C(C)C1CCCC2C3CC=C4CCC(C)(C)CCC4(C)C3CCC12C.CC. The molecule has 0 nitrogen and oxygen atoms in total. The molecule has 0 aromatic heterocycles. The van der Waals surface area contributed by atoms with Crippen molar-refractivity contribution >= 4 is 0 Å². The second-order valence-corrected chi connectivity index (χ2v) is 11.8. The molecular weight excluding hydrogens is 336 g/mol. The first kappa shape index (κ1) is 22.2. The molecule has 160 valence electrons. The molecule has 4 aliphatic carbocycles. The third kappa shape index (κ3) is 3.56. The van der Waals surface area contributed by atoms with E-state index in [0.29, 0.717) is 16.2 Å². The number of rotatable bonds is 1. The van der Waals surface area contributed by atoms with E-state index in [0.717, 1.165) is 23.7 Å². The van der Waals surface area contributed by atoms with Gasteiger partial charge in [-0.3, -0.25) is 0 Å². The maximum atomic E-state index is 4.41. The number of hydrogen-bond donors (Lipinski definition) is 0. The third-order valence-electron chi connectivity index (χ3n) is 9.85. The molecule has 0 heterocycles. The van der Waals surface area contributed by atoms with Crippen molar-refractivity contribution < 1.29 is 0 Å². The summed E-state index contributed by atoms with van der Waals surface area (Å²) < 4.78 is 0. The van der Waals surface area contributed by atoms with Crippen molar-refractivity contribution in [3.63, 3.8) is 0 Å². The van der Waals surface area contributed by atoms with Crippen LogP contribution in [0.3, 0.4) is 0 Å². The van der Waals surface area contributed by atoms with Crippen LogP contribution in [0.15, 0.2) is 23.8 Å². The van der Waals surface area contributed by atoms with E-state index in [1.807, 2.05) is 19.4 Å². The van der Waals surface area contributed by atoms with Crippen LogP contribution in [-0.2, 0) is 0 Å². The standard InChI is InChI=1S/C26H42.C2H6/c1-18(2)21-8-7-9-22-20-11-10-19-12-14-24(3,4)16-17-25(19,5)23(20)13-15-26(21,22)6;1-2/h10,20-23H,1,7-9,11-17H2,2-6H3;1-2H3. The van der Waals surface area contributed by atoms with Crippen LogP contribution >= 0.6 is 0 Å². The van der Waals surface area contributed by atoms with E-state index in [4.69, 9.17) is 0 Å². The van der Waals surface area contributed by atoms with E-state index in [2.05, 4.69) is 47.3 Å². The summed E-state index contributed by atoms with van der Waals surface area (Å²) >= 11 is 0.